The first-order valence-electron chi connectivity index (χ1n) is 6.10. The molecule has 0 aliphatic carbocycles. The van der Waals surface area contributed by atoms with Crippen LogP contribution >= 0.6 is 23.2 Å². The number of hydrogen-bond donors (Lipinski definition) is 2. The zero-order valence-electron chi connectivity index (χ0n) is 10.9. The Kier molecular flexibility index (Phi) is 4.88. The van der Waals surface area contributed by atoms with Crippen molar-refractivity contribution in [1.82, 2.24) is 0 Å². The van der Waals surface area contributed by atoms with Crippen LogP contribution in [0.15, 0.2) is 42.5 Å². The van der Waals surface area contributed by atoms with Crippen LogP contribution in [0.5, 0.6) is 0 Å². The quantitative estimate of drug-likeness (QED) is 0.869. The van der Waals surface area contributed by atoms with Crippen molar-refractivity contribution in [2.75, 3.05) is 10.6 Å². The first-order valence-corrected chi connectivity index (χ1v) is 6.86. The van der Waals surface area contributed by atoms with Crippen LogP contribution in [0, 0.1) is 0 Å². The molecule has 20 heavy (non-hydrogen) atoms. The third-order valence-electron chi connectivity index (χ3n) is 2.71. The molecular weight excluding hydrogens is 295 g/mol. The van der Waals surface area contributed by atoms with Gasteiger partial charge in [0, 0.05) is 40.5 Å². The maximum Gasteiger partial charge on any atom is 0.221 e. The van der Waals surface area contributed by atoms with Gasteiger partial charge in [0.1, 0.15) is 0 Å². The van der Waals surface area contributed by atoms with Gasteiger partial charge in [0.15, 0.2) is 0 Å². The molecule has 0 saturated heterocycles. The van der Waals surface area contributed by atoms with Gasteiger partial charge in [-0.1, -0.05) is 35.3 Å². The molecule has 5 heteroatoms. The van der Waals surface area contributed by atoms with E-state index in [2.05, 4.69) is 10.6 Å². The predicted molar refractivity (Wildman–Crippen MR) is 84.5 cm³/mol. The van der Waals surface area contributed by atoms with Crippen LogP contribution in [0.1, 0.15) is 12.5 Å². The minimum atomic E-state index is -0.101. The lowest BCUT2D eigenvalue weighted by Gasteiger charge is -2.11. The van der Waals surface area contributed by atoms with Crippen molar-refractivity contribution in [3.8, 4) is 0 Å². The van der Waals surface area contributed by atoms with Gasteiger partial charge >= 0.3 is 0 Å². The average Bonchev–Trinajstić information content (AvgIpc) is 2.38. The van der Waals surface area contributed by atoms with Crippen LogP contribution < -0.4 is 10.6 Å². The Balaban J connectivity index is 2.09. The van der Waals surface area contributed by atoms with Crippen molar-refractivity contribution < 1.29 is 4.79 Å². The van der Waals surface area contributed by atoms with Gasteiger partial charge in [-0.15, -0.1) is 0 Å². The van der Waals surface area contributed by atoms with E-state index in [4.69, 9.17) is 23.2 Å². The van der Waals surface area contributed by atoms with E-state index in [0.29, 0.717) is 16.6 Å². The molecule has 2 aromatic rings. The lowest BCUT2D eigenvalue weighted by atomic mass is 10.2. The highest BCUT2D eigenvalue weighted by atomic mass is 35.5. The minimum Gasteiger partial charge on any atom is -0.381 e. The Hall–Kier alpha value is -1.71. The van der Waals surface area contributed by atoms with E-state index >= 15 is 0 Å². The number of halogens is 2. The maximum absolute atomic E-state index is 11.0. The molecule has 0 aliphatic heterocycles. The second kappa shape index (κ2) is 6.64. The highest BCUT2D eigenvalue weighted by Gasteiger charge is 2.05. The normalized spacial score (nSPS) is 10.2. The highest BCUT2D eigenvalue weighted by Crippen LogP contribution is 2.25. The Labute approximate surface area is 127 Å². The summed E-state index contributed by atoms with van der Waals surface area (Å²) in [6.45, 7) is 1.99. The van der Waals surface area contributed by atoms with Crippen LogP contribution in [0.4, 0.5) is 11.4 Å². The van der Waals surface area contributed by atoms with E-state index in [1.165, 1.54) is 6.92 Å². The summed E-state index contributed by atoms with van der Waals surface area (Å²) in [5, 5.41) is 7.23. The fourth-order valence-corrected chi connectivity index (χ4v) is 2.33. The summed E-state index contributed by atoms with van der Waals surface area (Å²) in [6.07, 6.45) is 0. The van der Waals surface area contributed by atoms with Crippen LogP contribution in [0.25, 0.3) is 0 Å². The zero-order valence-corrected chi connectivity index (χ0v) is 12.4. The van der Waals surface area contributed by atoms with Crippen molar-refractivity contribution in [1.29, 1.82) is 0 Å². The van der Waals surface area contributed by atoms with Crippen LogP contribution in [0.3, 0.4) is 0 Å². The van der Waals surface area contributed by atoms with Crippen LogP contribution in [-0.2, 0) is 11.3 Å². The van der Waals surface area contributed by atoms with Gasteiger partial charge < -0.3 is 10.6 Å². The molecule has 0 atom stereocenters. The van der Waals surface area contributed by atoms with Crippen LogP contribution in [-0.4, -0.2) is 5.91 Å². The minimum absolute atomic E-state index is 0.101. The molecule has 3 nitrogen and oxygen atoms in total. The molecule has 0 saturated carbocycles. The summed E-state index contributed by atoms with van der Waals surface area (Å²) in [5.74, 6) is -0.101. The van der Waals surface area contributed by atoms with Crippen molar-refractivity contribution in [3.05, 3.63) is 58.1 Å². The molecular formula is C15H14Cl2N2O. The predicted octanol–water partition coefficient (Wildman–Crippen LogP) is 4.56. The van der Waals surface area contributed by atoms with E-state index in [0.717, 1.165) is 16.9 Å². The lowest BCUT2D eigenvalue weighted by Crippen LogP contribution is -2.06. The Morgan fingerprint density at radius 2 is 1.65 bits per heavy atom. The summed E-state index contributed by atoms with van der Waals surface area (Å²) in [7, 11) is 0. The first-order chi connectivity index (χ1) is 9.56. The van der Waals surface area contributed by atoms with Crippen molar-refractivity contribution >= 4 is 40.5 Å². The molecule has 2 N–H and O–H groups in total. The maximum atomic E-state index is 11.0. The SMILES string of the molecule is CC(=O)Nc1cccc(NCc2c(Cl)cccc2Cl)c1. The number of benzene rings is 2. The van der Waals surface area contributed by atoms with Gasteiger partial charge in [0.05, 0.1) is 0 Å². The Morgan fingerprint density at radius 1 is 1.05 bits per heavy atom. The third-order valence-corrected chi connectivity index (χ3v) is 3.42. The Morgan fingerprint density at radius 3 is 2.30 bits per heavy atom. The number of rotatable bonds is 4. The zero-order chi connectivity index (χ0) is 14.5. The number of hydrogen-bond acceptors (Lipinski definition) is 2. The lowest BCUT2D eigenvalue weighted by molar-refractivity contribution is -0.114. The number of carbonyl (C=O) groups excluding carboxylic acids is 1. The first kappa shape index (κ1) is 14.7. The molecule has 1 amide bonds. The summed E-state index contributed by atoms with van der Waals surface area (Å²) in [5.41, 5.74) is 2.47. The van der Waals surface area contributed by atoms with Gasteiger partial charge in [-0.25, -0.2) is 0 Å². The van der Waals surface area contributed by atoms with Crippen molar-refractivity contribution in [3.63, 3.8) is 0 Å². The topological polar surface area (TPSA) is 41.1 Å². The fraction of sp³-hybridized carbons (Fsp3) is 0.133. The van der Waals surface area contributed by atoms with Gasteiger partial charge in [0.2, 0.25) is 5.91 Å². The van der Waals surface area contributed by atoms with Gasteiger partial charge in [-0.2, -0.15) is 0 Å². The van der Waals surface area contributed by atoms with E-state index in [1.807, 2.05) is 30.3 Å². The van der Waals surface area contributed by atoms with Gasteiger partial charge in [0.25, 0.3) is 0 Å². The third kappa shape index (κ3) is 3.89. The Bertz CT molecular complexity index is 609. The number of anilines is 2. The second-order valence-corrected chi connectivity index (χ2v) is 5.13. The van der Waals surface area contributed by atoms with E-state index < -0.39 is 0 Å². The largest absolute Gasteiger partial charge is 0.381 e. The number of amides is 1. The molecule has 0 radical (unpaired) electrons. The monoisotopic (exact) mass is 308 g/mol. The number of nitrogens with one attached hydrogen (secondary N) is 2. The van der Waals surface area contributed by atoms with Gasteiger partial charge in [-0.05, 0) is 30.3 Å². The molecule has 0 unspecified atom stereocenters. The molecule has 104 valence electrons. The van der Waals surface area contributed by atoms with Crippen molar-refractivity contribution in [2.45, 2.75) is 13.5 Å². The molecule has 0 heterocycles. The molecule has 0 bridgehead atoms. The highest BCUT2D eigenvalue weighted by molar-refractivity contribution is 6.36. The molecule has 0 spiro atoms. The molecule has 0 aliphatic rings. The average molecular weight is 309 g/mol. The molecule has 2 aromatic carbocycles. The van der Waals surface area contributed by atoms with Gasteiger partial charge in [-0.3, -0.25) is 4.79 Å². The van der Waals surface area contributed by atoms with Crippen molar-refractivity contribution in [2.24, 2.45) is 0 Å². The molecule has 0 aromatic heterocycles. The summed E-state index contributed by atoms with van der Waals surface area (Å²) in [4.78, 5) is 11.0. The summed E-state index contributed by atoms with van der Waals surface area (Å²) < 4.78 is 0. The standard InChI is InChI=1S/C15H14Cl2N2O/c1-10(20)19-12-5-2-4-11(8-12)18-9-13-14(16)6-3-7-15(13)17/h2-8,18H,9H2,1H3,(H,19,20). The summed E-state index contributed by atoms with van der Waals surface area (Å²) >= 11 is 12.2. The summed E-state index contributed by atoms with van der Waals surface area (Å²) in [6, 6.07) is 12.9. The smallest absolute Gasteiger partial charge is 0.221 e. The molecule has 0 fully saturated rings. The molecule has 2 rings (SSSR count). The van der Waals surface area contributed by atoms with E-state index in [1.54, 1.807) is 12.1 Å². The van der Waals surface area contributed by atoms with E-state index in [-0.39, 0.29) is 5.91 Å². The van der Waals surface area contributed by atoms with Crippen LogP contribution in [0.2, 0.25) is 10.0 Å². The van der Waals surface area contributed by atoms with E-state index in [9.17, 15) is 4.79 Å². The number of carbonyl (C=O) groups is 1. The fourth-order valence-electron chi connectivity index (χ4n) is 1.80. The second-order valence-electron chi connectivity index (χ2n) is 4.32.